The van der Waals surface area contributed by atoms with E-state index in [2.05, 4.69) is 15.9 Å². The van der Waals surface area contributed by atoms with E-state index in [1.54, 1.807) is 0 Å². The standard InChI is InChI=1S/C12H14BrClO2/c1-12(2,7-11(15)16)6-8-3-4-9(13)5-10(8)14/h3-5H,6-7H2,1-2H3,(H,15,16). The summed E-state index contributed by atoms with van der Waals surface area (Å²) in [6.07, 6.45) is 0.796. The summed E-state index contributed by atoms with van der Waals surface area (Å²) in [7, 11) is 0. The van der Waals surface area contributed by atoms with Gasteiger partial charge in [0.05, 0.1) is 6.42 Å². The largest absolute Gasteiger partial charge is 0.481 e. The van der Waals surface area contributed by atoms with E-state index in [1.165, 1.54) is 0 Å². The van der Waals surface area contributed by atoms with Crippen molar-refractivity contribution in [1.82, 2.24) is 0 Å². The second kappa shape index (κ2) is 5.19. The molecule has 0 radical (unpaired) electrons. The van der Waals surface area contributed by atoms with E-state index in [9.17, 15) is 4.79 Å². The van der Waals surface area contributed by atoms with Crippen molar-refractivity contribution >= 4 is 33.5 Å². The Morgan fingerprint density at radius 3 is 2.62 bits per heavy atom. The summed E-state index contributed by atoms with van der Waals surface area (Å²) >= 11 is 9.43. The van der Waals surface area contributed by atoms with Crippen molar-refractivity contribution in [3.8, 4) is 0 Å². The van der Waals surface area contributed by atoms with Crippen LogP contribution in [0.3, 0.4) is 0 Å². The summed E-state index contributed by atoms with van der Waals surface area (Å²) in [6.45, 7) is 3.86. The van der Waals surface area contributed by atoms with Crippen LogP contribution in [0.25, 0.3) is 0 Å². The molecule has 0 fully saturated rings. The number of hydrogen-bond donors (Lipinski definition) is 1. The van der Waals surface area contributed by atoms with Crippen LogP contribution in [-0.4, -0.2) is 11.1 Å². The molecule has 0 amide bonds. The first-order valence-electron chi connectivity index (χ1n) is 4.96. The third-order valence-electron chi connectivity index (χ3n) is 2.31. The molecule has 2 nitrogen and oxygen atoms in total. The summed E-state index contributed by atoms with van der Waals surface area (Å²) in [5.41, 5.74) is 0.694. The highest BCUT2D eigenvalue weighted by Gasteiger charge is 2.23. The zero-order valence-corrected chi connectivity index (χ0v) is 11.6. The third kappa shape index (κ3) is 4.14. The first-order chi connectivity index (χ1) is 7.30. The lowest BCUT2D eigenvalue weighted by Crippen LogP contribution is -2.19. The number of carbonyl (C=O) groups is 1. The normalized spacial score (nSPS) is 11.5. The van der Waals surface area contributed by atoms with E-state index in [0.29, 0.717) is 11.4 Å². The van der Waals surface area contributed by atoms with Crippen molar-refractivity contribution < 1.29 is 9.90 Å². The minimum Gasteiger partial charge on any atom is -0.481 e. The predicted molar refractivity (Wildman–Crippen MR) is 68.9 cm³/mol. The van der Waals surface area contributed by atoms with Gasteiger partial charge in [0.1, 0.15) is 0 Å². The monoisotopic (exact) mass is 304 g/mol. The summed E-state index contributed by atoms with van der Waals surface area (Å²) in [6, 6.07) is 5.67. The number of hydrogen-bond acceptors (Lipinski definition) is 1. The summed E-state index contributed by atoms with van der Waals surface area (Å²) < 4.78 is 0.928. The molecule has 1 rings (SSSR count). The Morgan fingerprint density at radius 1 is 1.50 bits per heavy atom. The highest BCUT2D eigenvalue weighted by Crippen LogP contribution is 2.30. The topological polar surface area (TPSA) is 37.3 Å². The van der Waals surface area contributed by atoms with E-state index in [1.807, 2.05) is 32.0 Å². The Morgan fingerprint density at radius 2 is 2.12 bits per heavy atom. The van der Waals surface area contributed by atoms with Crippen LogP contribution in [0.1, 0.15) is 25.8 Å². The van der Waals surface area contributed by atoms with E-state index >= 15 is 0 Å². The van der Waals surface area contributed by atoms with Crippen molar-refractivity contribution in [2.45, 2.75) is 26.7 Å². The van der Waals surface area contributed by atoms with Gasteiger partial charge in [-0.25, -0.2) is 0 Å². The second-order valence-electron chi connectivity index (χ2n) is 4.65. The molecule has 0 bridgehead atoms. The van der Waals surface area contributed by atoms with E-state index in [-0.39, 0.29) is 11.8 Å². The van der Waals surface area contributed by atoms with Gasteiger partial charge in [-0.3, -0.25) is 4.79 Å². The first-order valence-corrected chi connectivity index (χ1v) is 6.13. The van der Waals surface area contributed by atoms with Crippen molar-refractivity contribution in [3.63, 3.8) is 0 Å². The molecular weight excluding hydrogens is 291 g/mol. The number of rotatable bonds is 4. The SMILES string of the molecule is CC(C)(CC(=O)O)Cc1ccc(Br)cc1Cl. The molecule has 0 unspecified atom stereocenters. The van der Waals surface area contributed by atoms with Crippen molar-refractivity contribution in [3.05, 3.63) is 33.3 Å². The zero-order valence-electron chi connectivity index (χ0n) is 9.26. The van der Waals surface area contributed by atoms with Gasteiger partial charge in [-0.15, -0.1) is 0 Å². The molecule has 16 heavy (non-hydrogen) atoms. The Bertz CT molecular complexity index is 402. The van der Waals surface area contributed by atoms with Crippen LogP contribution >= 0.6 is 27.5 Å². The van der Waals surface area contributed by atoms with Crippen LogP contribution in [-0.2, 0) is 11.2 Å². The molecule has 0 saturated carbocycles. The first kappa shape index (κ1) is 13.5. The molecule has 1 N–H and O–H groups in total. The highest BCUT2D eigenvalue weighted by molar-refractivity contribution is 9.10. The van der Waals surface area contributed by atoms with Crippen LogP contribution in [0, 0.1) is 5.41 Å². The lowest BCUT2D eigenvalue weighted by molar-refractivity contribution is -0.139. The average molecular weight is 306 g/mol. The lowest BCUT2D eigenvalue weighted by atomic mass is 9.83. The van der Waals surface area contributed by atoms with Crippen LogP contribution in [0.5, 0.6) is 0 Å². The molecule has 0 aliphatic rings. The second-order valence-corrected chi connectivity index (χ2v) is 5.97. The van der Waals surface area contributed by atoms with Gasteiger partial charge in [0, 0.05) is 9.50 Å². The van der Waals surface area contributed by atoms with Gasteiger partial charge in [-0.1, -0.05) is 47.4 Å². The fourth-order valence-corrected chi connectivity index (χ4v) is 2.39. The number of benzene rings is 1. The van der Waals surface area contributed by atoms with Gasteiger partial charge in [0.15, 0.2) is 0 Å². The molecular formula is C12H14BrClO2. The Balaban J connectivity index is 2.83. The molecule has 0 aromatic heterocycles. The third-order valence-corrected chi connectivity index (χ3v) is 3.16. The Kier molecular flexibility index (Phi) is 4.39. The smallest absolute Gasteiger partial charge is 0.303 e. The van der Waals surface area contributed by atoms with Gasteiger partial charge in [-0.2, -0.15) is 0 Å². The van der Waals surface area contributed by atoms with Gasteiger partial charge >= 0.3 is 5.97 Å². The summed E-state index contributed by atoms with van der Waals surface area (Å²) in [5, 5.41) is 9.47. The van der Waals surface area contributed by atoms with E-state index in [0.717, 1.165) is 10.0 Å². The summed E-state index contributed by atoms with van der Waals surface area (Å²) in [4.78, 5) is 10.7. The quantitative estimate of drug-likeness (QED) is 0.907. The molecule has 0 spiro atoms. The molecule has 0 saturated heterocycles. The maximum absolute atomic E-state index is 10.7. The Hall–Kier alpha value is -0.540. The molecule has 1 aromatic carbocycles. The van der Waals surface area contributed by atoms with Crippen molar-refractivity contribution in [2.75, 3.05) is 0 Å². The predicted octanol–water partition coefficient (Wildman–Crippen LogP) is 4.15. The minimum absolute atomic E-state index is 0.138. The average Bonchev–Trinajstić information content (AvgIpc) is 2.07. The lowest BCUT2D eigenvalue weighted by Gasteiger charge is -2.23. The number of halogens is 2. The van der Waals surface area contributed by atoms with Gasteiger partial charge < -0.3 is 5.11 Å². The molecule has 4 heteroatoms. The maximum Gasteiger partial charge on any atom is 0.303 e. The molecule has 0 aliphatic carbocycles. The van der Waals surface area contributed by atoms with E-state index < -0.39 is 5.97 Å². The fourth-order valence-electron chi connectivity index (χ4n) is 1.65. The molecule has 0 heterocycles. The number of carboxylic acids is 1. The molecule has 0 atom stereocenters. The van der Waals surface area contributed by atoms with Crippen LogP contribution in [0.15, 0.2) is 22.7 Å². The summed E-state index contributed by atoms with van der Waals surface area (Å²) in [5.74, 6) is -0.779. The van der Waals surface area contributed by atoms with Crippen molar-refractivity contribution in [2.24, 2.45) is 5.41 Å². The minimum atomic E-state index is -0.779. The highest BCUT2D eigenvalue weighted by atomic mass is 79.9. The van der Waals surface area contributed by atoms with Gasteiger partial charge in [0.25, 0.3) is 0 Å². The van der Waals surface area contributed by atoms with E-state index in [4.69, 9.17) is 16.7 Å². The molecule has 1 aromatic rings. The van der Waals surface area contributed by atoms with Crippen LogP contribution in [0.4, 0.5) is 0 Å². The van der Waals surface area contributed by atoms with Crippen LogP contribution < -0.4 is 0 Å². The van der Waals surface area contributed by atoms with Crippen molar-refractivity contribution in [1.29, 1.82) is 0 Å². The Labute approximate surface area is 109 Å². The van der Waals surface area contributed by atoms with Gasteiger partial charge in [-0.05, 0) is 29.5 Å². The fraction of sp³-hybridized carbons (Fsp3) is 0.417. The zero-order chi connectivity index (χ0) is 12.3. The molecule has 88 valence electrons. The van der Waals surface area contributed by atoms with Crippen LogP contribution in [0.2, 0.25) is 5.02 Å². The molecule has 0 aliphatic heterocycles. The number of aliphatic carboxylic acids is 1. The number of carboxylic acid groups (broad SMARTS) is 1. The van der Waals surface area contributed by atoms with Gasteiger partial charge in [0.2, 0.25) is 0 Å². The maximum atomic E-state index is 10.7.